The highest BCUT2D eigenvalue weighted by Crippen LogP contribution is 2.23. The van der Waals surface area contributed by atoms with Crippen LogP contribution in [0.1, 0.15) is 25.6 Å². The molecule has 0 atom stereocenters. The van der Waals surface area contributed by atoms with Gasteiger partial charge in [-0.1, -0.05) is 20.8 Å². The predicted molar refractivity (Wildman–Crippen MR) is 84.6 cm³/mol. The lowest BCUT2D eigenvalue weighted by Crippen LogP contribution is -2.26. The van der Waals surface area contributed by atoms with Crippen molar-refractivity contribution in [3.63, 3.8) is 0 Å². The maximum Gasteiger partial charge on any atom is 0.249 e. The molecule has 5 nitrogen and oxygen atoms in total. The number of carbonyl (C=O) groups is 1. The highest BCUT2D eigenvalue weighted by Gasteiger charge is 2.15. The molecule has 8 heteroatoms. The fraction of sp³-hybridized carbons (Fsp3) is 0.583. The highest BCUT2D eigenvalue weighted by atomic mass is 32.2. The fourth-order valence-corrected chi connectivity index (χ4v) is 4.02. The number of rotatable bonds is 6. The van der Waals surface area contributed by atoms with Crippen LogP contribution in [0.5, 0.6) is 0 Å². The molecule has 1 heterocycles. The zero-order valence-electron chi connectivity index (χ0n) is 12.0. The van der Waals surface area contributed by atoms with Gasteiger partial charge in [0.15, 0.2) is 0 Å². The lowest BCUT2D eigenvalue weighted by atomic mass is 10.3. The number of sulfonamides is 1. The summed E-state index contributed by atoms with van der Waals surface area (Å²) < 4.78 is 25.7. The summed E-state index contributed by atoms with van der Waals surface area (Å²) in [5.41, 5.74) is 0. The van der Waals surface area contributed by atoms with Gasteiger partial charge < -0.3 is 5.32 Å². The number of hydrogen-bond donors (Lipinski definition) is 2. The maximum absolute atomic E-state index is 11.7. The molecule has 0 saturated carbocycles. The Morgan fingerprint density at radius 3 is 2.55 bits per heavy atom. The maximum atomic E-state index is 11.7. The molecule has 0 fully saturated rings. The molecule has 0 unspecified atom stereocenters. The Labute approximate surface area is 128 Å². The van der Waals surface area contributed by atoms with E-state index in [-0.39, 0.29) is 14.9 Å². The lowest BCUT2D eigenvalue weighted by molar-refractivity contribution is -0.118. The van der Waals surface area contributed by atoms with Gasteiger partial charge in [0.05, 0.1) is 12.3 Å². The van der Waals surface area contributed by atoms with Gasteiger partial charge in [-0.25, -0.2) is 13.1 Å². The highest BCUT2D eigenvalue weighted by molar-refractivity contribution is 8.01. The van der Waals surface area contributed by atoms with Gasteiger partial charge in [-0.15, -0.1) is 23.1 Å². The van der Waals surface area contributed by atoms with E-state index in [0.29, 0.717) is 12.3 Å². The van der Waals surface area contributed by atoms with Crippen molar-refractivity contribution in [2.45, 2.75) is 36.3 Å². The van der Waals surface area contributed by atoms with Gasteiger partial charge in [-0.3, -0.25) is 4.79 Å². The van der Waals surface area contributed by atoms with Crippen LogP contribution < -0.4 is 10.0 Å². The SMILES string of the molecule is CNS(=O)(=O)c1ccc(CNC(=O)CSC(C)(C)C)s1. The Kier molecular flexibility index (Phi) is 6.06. The Morgan fingerprint density at radius 2 is 2.00 bits per heavy atom. The van der Waals surface area contributed by atoms with Crippen molar-refractivity contribution in [1.29, 1.82) is 0 Å². The number of carbonyl (C=O) groups excluding carboxylic acids is 1. The van der Waals surface area contributed by atoms with Crippen LogP contribution in [0.25, 0.3) is 0 Å². The van der Waals surface area contributed by atoms with Gasteiger partial charge in [0, 0.05) is 9.62 Å². The second-order valence-electron chi connectivity index (χ2n) is 5.11. The summed E-state index contributed by atoms with van der Waals surface area (Å²) in [6.45, 7) is 6.52. The molecule has 0 aliphatic heterocycles. The van der Waals surface area contributed by atoms with E-state index < -0.39 is 10.0 Å². The molecule has 0 spiro atoms. The standard InChI is InChI=1S/C12H20N2O3S3/c1-12(2,3)18-8-10(15)14-7-9-5-6-11(19-9)20(16,17)13-4/h5-6,13H,7-8H2,1-4H3,(H,14,15). The van der Waals surface area contributed by atoms with Crippen molar-refractivity contribution >= 4 is 39.0 Å². The van der Waals surface area contributed by atoms with Crippen molar-refractivity contribution in [2.75, 3.05) is 12.8 Å². The van der Waals surface area contributed by atoms with Crippen LogP contribution >= 0.6 is 23.1 Å². The normalized spacial score (nSPS) is 12.4. The monoisotopic (exact) mass is 336 g/mol. The molecular weight excluding hydrogens is 316 g/mol. The van der Waals surface area contributed by atoms with E-state index >= 15 is 0 Å². The molecule has 0 saturated heterocycles. The molecular formula is C12H20N2O3S3. The molecule has 0 bridgehead atoms. The molecule has 1 aromatic heterocycles. The largest absolute Gasteiger partial charge is 0.350 e. The minimum atomic E-state index is -3.39. The quantitative estimate of drug-likeness (QED) is 0.831. The second kappa shape index (κ2) is 6.93. The summed E-state index contributed by atoms with van der Waals surface area (Å²) in [4.78, 5) is 12.5. The number of hydrogen-bond acceptors (Lipinski definition) is 5. The molecule has 1 aromatic rings. The zero-order chi connectivity index (χ0) is 15.4. The van der Waals surface area contributed by atoms with Crippen molar-refractivity contribution < 1.29 is 13.2 Å². The molecule has 0 aliphatic carbocycles. The molecule has 2 N–H and O–H groups in total. The van der Waals surface area contributed by atoms with E-state index in [1.54, 1.807) is 23.9 Å². The van der Waals surface area contributed by atoms with Crippen molar-refractivity contribution in [2.24, 2.45) is 0 Å². The van der Waals surface area contributed by atoms with Crippen LogP contribution in [0.2, 0.25) is 0 Å². The molecule has 114 valence electrons. The first-order chi connectivity index (χ1) is 9.14. The van der Waals surface area contributed by atoms with Crippen LogP contribution in [-0.4, -0.2) is 31.9 Å². The zero-order valence-corrected chi connectivity index (χ0v) is 14.5. The van der Waals surface area contributed by atoms with Crippen LogP contribution in [-0.2, 0) is 21.4 Å². The average Bonchev–Trinajstić information content (AvgIpc) is 2.82. The van der Waals surface area contributed by atoms with Gasteiger partial charge in [-0.05, 0) is 19.2 Å². The third-order valence-electron chi connectivity index (χ3n) is 2.27. The number of thioether (sulfide) groups is 1. The molecule has 0 radical (unpaired) electrons. The van der Waals surface area contributed by atoms with Crippen LogP contribution in [0.4, 0.5) is 0 Å². The van der Waals surface area contributed by atoms with E-state index in [1.807, 2.05) is 0 Å². The second-order valence-corrected chi connectivity index (χ2v) is 10.2. The Balaban J connectivity index is 2.49. The third-order valence-corrected chi connectivity index (χ3v) is 6.53. The van der Waals surface area contributed by atoms with Crippen molar-refractivity contribution in [3.05, 3.63) is 17.0 Å². The van der Waals surface area contributed by atoms with Crippen molar-refractivity contribution in [1.82, 2.24) is 10.0 Å². The van der Waals surface area contributed by atoms with Gasteiger partial charge in [0.25, 0.3) is 0 Å². The van der Waals surface area contributed by atoms with Gasteiger partial charge in [0.1, 0.15) is 4.21 Å². The van der Waals surface area contributed by atoms with Crippen LogP contribution in [0, 0.1) is 0 Å². The van der Waals surface area contributed by atoms with Gasteiger partial charge in [-0.2, -0.15) is 0 Å². The molecule has 0 aliphatic rings. The summed E-state index contributed by atoms with van der Waals surface area (Å²) >= 11 is 2.73. The third kappa shape index (κ3) is 5.82. The first-order valence-electron chi connectivity index (χ1n) is 6.07. The molecule has 1 rings (SSSR count). The van der Waals surface area contributed by atoms with E-state index in [1.165, 1.54) is 7.05 Å². The minimum Gasteiger partial charge on any atom is -0.350 e. The summed E-state index contributed by atoms with van der Waals surface area (Å²) in [7, 11) is -2.02. The molecule has 0 aromatic carbocycles. The fourth-order valence-electron chi connectivity index (χ4n) is 1.22. The predicted octanol–water partition coefficient (Wildman–Crippen LogP) is 1.80. The molecule has 1 amide bonds. The smallest absolute Gasteiger partial charge is 0.249 e. The summed E-state index contributed by atoms with van der Waals surface area (Å²) in [5, 5.41) is 2.79. The first-order valence-corrected chi connectivity index (χ1v) is 9.35. The van der Waals surface area contributed by atoms with Crippen LogP contribution in [0.15, 0.2) is 16.3 Å². The van der Waals surface area contributed by atoms with E-state index in [0.717, 1.165) is 16.2 Å². The van der Waals surface area contributed by atoms with Gasteiger partial charge in [0.2, 0.25) is 15.9 Å². The molecule has 20 heavy (non-hydrogen) atoms. The number of thiophene rings is 1. The minimum absolute atomic E-state index is 0.0450. The topological polar surface area (TPSA) is 75.3 Å². The van der Waals surface area contributed by atoms with E-state index in [9.17, 15) is 13.2 Å². The first kappa shape index (κ1) is 17.5. The summed E-state index contributed by atoms with van der Waals surface area (Å²) in [6, 6.07) is 3.26. The van der Waals surface area contributed by atoms with E-state index in [2.05, 4.69) is 30.8 Å². The lowest BCUT2D eigenvalue weighted by Gasteiger charge is -2.16. The Bertz CT molecular complexity index is 559. The average molecular weight is 337 g/mol. The van der Waals surface area contributed by atoms with Gasteiger partial charge >= 0.3 is 0 Å². The van der Waals surface area contributed by atoms with Crippen molar-refractivity contribution in [3.8, 4) is 0 Å². The number of amides is 1. The number of nitrogens with one attached hydrogen (secondary N) is 2. The summed E-state index contributed by atoms with van der Waals surface area (Å²) in [6.07, 6.45) is 0. The Morgan fingerprint density at radius 1 is 1.35 bits per heavy atom. The van der Waals surface area contributed by atoms with Crippen LogP contribution in [0.3, 0.4) is 0 Å². The Hall–Kier alpha value is -0.570. The summed E-state index contributed by atoms with van der Waals surface area (Å²) in [5.74, 6) is 0.354. The van der Waals surface area contributed by atoms with E-state index in [4.69, 9.17) is 0 Å².